The number of ether oxygens (including phenoxy) is 1. The Kier molecular flexibility index (Phi) is 4.87. The average molecular weight is 344 g/mol. The summed E-state index contributed by atoms with van der Waals surface area (Å²) in [5, 5.41) is 0. The summed E-state index contributed by atoms with van der Waals surface area (Å²) in [6.45, 7) is 5.98. The summed E-state index contributed by atoms with van der Waals surface area (Å²) >= 11 is 0. The number of cyclic esters (lactones) is 1. The summed E-state index contributed by atoms with van der Waals surface area (Å²) in [6.07, 6.45) is 2.15. The molecule has 1 aromatic carbocycles. The Morgan fingerprint density at radius 1 is 1.28 bits per heavy atom. The molecule has 0 bridgehead atoms. The molecule has 5 nitrogen and oxygen atoms in total. The first kappa shape index (κ1) is 17.9. The van der Waals surface area contributed by atoms with E-state index in [2.05, 4.69) is 4.90 Å². The van der Waals surface area contributed by atoms with Crippen molar-refractivity contribution in [2.45, 2.75) is 39.2 Å². The summed E-state index contributed by atoms with van der Waals surface area (Å²) in [6, 6.07) is 5.98. The Morgan fingerprint density at radius 2 is 1.96 bits per heavy atom. The van der Waals surface area contributed by atoms with Crippen LogP contribution in [0.2, 0.25) is 0 Å². The van der Waals surface area contributed by atoms with Gasteiger partial charge in [0.2, 0.25) is 0 Å². The van der Waals surface area contributed by atoms with Crippen molar-refractivity contribution in [3.8, 4) is 0 Å². The number of aryl methyl sites for hydroxylation is 2. The van der Waals surface area contributed by atoms with E-state index in [1.807, 2.05) is 51.0 Å². The van der Waals surface area contributed by atoms with Crippen molar-refractivity contribution < 1.29 is 14.3 Å². The molecule has 1 spiro atoms. The third kappa shape index (κ3) is 3.56. The van der Waals surface area contributed by atoms with Crippen molar-refractivity contribution in [1.82, 2.24) is 9.80 Å². The maximum atomic E-state index is 12.9. The van der Waals surface area contributed by atoms with Crippen LogP contribution in [0.25, 0.3) is 0 Å². The van der Waals surface area contributed by atoms with Crippen LogP contribution in [-0.2, 0) is 9.53 Å². The quantitative estimate of drug-likeness (QED) is 0.790. The number of rotatable bonds is 3. The second kappa shape index (κ2) is 6.79. The number of likely N-dealkylation sites (tertiary alicyclic amines) is 1. The summed E-state index contributed by atoms with van der Waals surface area (Å²) < 4.78 is 5.60. The molecule has 2 fully saturated rings. The molecule has 1 amide bonds. The molecular weight excluding hydrogens is 316 g/mol. The zero-order valence-electron chi connectivity index (χ0n) is 15.7. The fourth-order valence-corrected chi connectivity index (χ4v) is 4.03. The maximum Gasteiger partial charge on any atom is 0.312 e. The molecule has 25 heavy (non-hydrogen) atoms. The second-order valence-corrected chi connectivity index (χ2v) is 7.88. The molecule has 0 radical (unpaired) electrons. The Labute approximate surface area is 149 Å². The van der Waals surface area contributed by atoms with Gasteiger partial charge in [-0.25, -0.2) is 0 Å². The molecule has 0 saturated carbocycles. The predicted molar refractivity (Wildman–Crippen MR) is 96.5 cm³/mol. The Morgan fingerprint density at radius 3 is 2.60 bits per heavy atom. The van der Waals surface area contributed by atoms with E-state index in [1.165, 1.54) is 0 Å². The van der Waals surface area contributed by atoms with Crippen LogP contribution < -0.4 is 0 Å². The highest BCUT2D eigenvalue weighted by atomic mass is 16.6. The van der Waals surface area contributed by atoms with Crippen LogP contribution in [0.3, 0.4) is 0 Å². The number of carbonyl (C=O) groups is 2. The summed E-state index contributed by atoms with van der Waals surface area (Å²) in [5.41, 5.74) is 2.48. The van der Waals surface area contributed by atoms with Gasteiger partial charge in [-0.05, 0) is 52.4 Å². The number of carbonyl (C=O) groups excluding carboxylic acids is 2. The van der Waals surface area contributed by atoms with Crippen LogP contribution in [0.5, 0.6) is 0 Å². The predicted octanol–water partition coefficient (Wildman–Crippen LogP) is 2.40. The smallest absolute Gasteiger partial charge is 0.312 e. The third-order valence-corrected chi connectivity index (χ3v) is 5.53. The molecule has 2 aliphatic rings. The van der Waals surface area contributed by atoms with E-state index in [1.54, 1.807) is 0 Å². The largest absolute Gasteiger partial charge is 0.461 e. The lowest BCUT2D eigenvalue weighted by Gasteiger charge is -2.36. The zero-order valence-corrected chi connectivity index (χ0v) is 15.7. The fraction of sp³-hybridized carbons (Fsp3) is 0.600. The summed E-state index contributed by atoms with van der Waals surface area (Å²) in [7, 11) is 3.98. The van der Waals surface area contributed by atoms with Crippen molar-refractivity contribution in [3.05, 3.63) is 34.9 Å². The van der Waals surface area contributed by atoms with Gasteiger partial charge >= 0.3 is 5.97 Å². The van der Waals surface area contributed by atoms with Crippen LogP contribution >= 0.6 is 0 Å². The highest BCUT2D eigenvalue weighted by Gasteiger charge is 2.50. The van der Waals surface area contributed by atoms with Gasteiger partial charge in [0, 0.05) is 31.6 Å². The second-order valence-electron chi connectivity index (χ2n) is 7.88. The van der Waals surface area contributed by atoms with Crippen molar-refractivity contribution in [2.24, 2.45) is 5.41 Å². The molecule has 1 aromatic rings. The van der Waals surface area contributed by atoms with Crippen LogP contribution in [-0.4, -0.2) is 61.5 Å². The van der Waals surface area contributed by atoms with Gasteiger partial charge in [0.05, 0.1) is 5.41 Å². The average Bonchev–Trinajstić information content (AvgIpc) is 2.84. The topological polar surface area (TPSA) is 49.9 Å². The molecule has 0 N–H and O–H groups in total. The minimum Gasteiger partial charge on any atom is -0.461 e. The Balaban J connectivity index is 1.66. The SMILES string of the molecule is Cc1ccc(C)c(C(=O)N2CCC3(CC2)CC(CN(C)C)OC3=O)c1. The molecular formula is C20H28N2O3. The number of likely N-dealkylation sites (N-methyl/N-ethyl adjacent to an activating group) is 1. The molecule has 2 aliphatic heterocycles. The minimum absolute atomic E-state index is 0.0243. The number of piperidine rings is 1. The molecule has 0 aromatic heterocycles. The third-order valence-electron chi connectivity index (χ3n) is 5.53. The van der Waals surface area contributed by atoms with Crippen molar-refractivity contribution >= 4 is 11.9 Å². The van der Waals surface area contributed by atoms with Gasteiger partial charge in [0.15, 0.2) is 0 Å². The van der Waals surface area contributed by atoms with Crippen LogP contribution in [0.15, 0.2) is 18.2 Å². The molecule has 136 valence electrons. The lowest BCUT2D eigenvalue weighted by molar-refractivity contribution is -0.150. The number of benzene rings is 1. The van der Waals surface area contributed by atoms with E-state index < -0.39 is 0 Å². The van der Waals surface area contributed by atoms with E-state index in [-0.39, 0.29) is 23.4 Å². The minimum atomic E-state index is -0.390. The first-order valence-electron chi connectivity index (χ1n) is 9.03. The van der Waals surface area contributed by atoms with E-state index in [4.69, 9.17) is 4.74 Å². The highest BCUT2D eigenvalue weighted by Crippen LogP contribution is 2.43. The Bertz CT molecular complexity index is 676. The van der Waals surface area contributed by atoms with Gasteiger partial charge in [-0.15, -0.1) is 0 Å². The highest BCUT2D eigenvalue weighted by molar-refractivity contribution is 5.96. The van der Waals surface area contributed by atoms with Gasteiger partial charge in [-0.1, -0.05) is 17.7 Å². The molecule has 1 unspecified atom stereocenters. The number of hydrogen-bond donors (Lipinski definition) is 0. The molecule has 2 saturated heterocycles. The Hall–Kier alpha value is -1.88. The lowest BCUT2D eigenvalue weighted by atomic mass is 9.76. The molecule has 1 atom stereocenters. The van der Waals surface area contributed by atoms with Crippen molar-refractivity contribution in [3.63, 3.8) is 0 Å². The molecule has 5 heteroatoms. The number of amides is 1. The molecule has 0 aliphatic carbocycles. The molecule has 3 rings (SSSR count). The van der Waals surface area contributed by atoms with E-state index in [0.717, 1.165) is 29.7 Å². The van der Waals surface area contributed by atoms with Gasteiger partial charge in [0.25, 0.3) is 5.91 Å². The van der Waals surface area contributed by atoms with E-state index in [9.17, 15) is 9.59 Å². The van der Waals surface area contributed by atoms with Gasteiger partial charge in [-0.2, -0.15) is 0 Å². The lowest BCUT2D eigenvalue weighted by Crippen LogP contribution is -2.45. The summed E-state index contributed by atoms with van der Waals surface area (Å²) in [5.74, 6) is 0.00504. The number of nitrogens with zero attached hydrogens (tertiary/aromatic N) is 2. The standard InChI is InChI=1S/C20H28N2O3/c1-14-5-6-15(2)17(11-14)18(23)22-9-7-20(8-10-22)12-16(13-21(3)4)25-19(20)24/h5-6,11,16H,7-10,12-13H2,1-4H3. The zero-order chi connectivity index (χ0) is 18.2. The summed E-state index contributed by atoms with van der Waals surface area (Å²) in [4.78, 5) is 29.3. The van der Waals surface area contributed by atoms with Gasteiger partial charge in [-0.3, -0.25) is 9.59 Å². The maximum absolute atomic E-state index is 12.9. The normalized spacial score (nSPS) is 22.5. The fourth-order valence-electron chi connectivity index (χ4n) is 4.03. The first-order valence-corrected chi connectivity index (χ1v) is 9.03. The van der Waals surface area contributed by atoms with Gasteiger partial charge in [0.1, 0.15) is 6.10 Å². The molecule has 2 heterocycles. The van der Waals surface area contributed by atoms with Crippen LogP contribution in [0.1, 0.15) is 40.7 Å². The van der Waals surface area contributed by atoms with Crippen molar-refractivity contribution in [1.29, 1.82) is 0 Å². The monoisotopic (exact) mass is 344 g/mol. The van der Waals surface area contributed by atoms with Crippen molar-refractivity contribution in [2.75, 3.05) is 33.7 Å². The van der Waals surface area contributed by atoms with E-state index in [0.29, 0.717) is 25.9 Å². The number of hydrogen-bond acceptors (Lipinski definition) is 4. The van der Waals surface area contributed by atoms with Crippen LogP contribution in [0.4, 0.5) is 0 Å². The number of esters is 1. The van der Waals surface area contributed by atoms with E-state index >= 15 is 0 Å². The van der Waals surface area contributed by atoms with Gasteiger partial charge < -0.3 is 14.5 Å². The van der Waals surface area contributed by atoms with Crippen LogP contribution in [0, 0.1) is 19.3 Å². The first-order chi connectivity index (χ1) is 11.8.